The Hall–Kier alpha value is -4.73. The summed E-state index contributed by atoms with van der Waals surface area (Å²) in [6.45, 7) is 6.61. The van der Waals surface area contributed by atoms with Crippen molar-refractivity contribution in [1.29, 1.82) is 0 Å². The van der Waals surface area contributed by atoms with Gasteiger partial charge in [-0.05, 0) is 75.3 Å². The summed E-state index contributed by atoms with van der Waals surface area (Å²) < 4.78 is 10.7. The van der Waals surface area contributed by atoms with Gasteiger partial charge in [0.2, 0.25) is 17.7 Å². The lowest BCUT2D eigenvalue weighted by molar-refractivity contribution is -0.154. The molecule has 5 rings (SSSR count). The highest BCUT2D eigenvalue weighted by Crippen LogP contribution is 2.48. The number of amides is 3. The zero-order chi connectivity index (χ0) is 33.6. The summed E-state index contributed by atoms with van der Waals surface area (Å²) in [5.74, 6) is -0.917. The van der Waals surface area contributed by atoms with E-state index in [4.69, 9.17) is 9.47 Å². The Morgan fingerprint density at radius 2 is 1.64 bits per heavy atom. The maximum atomic E-state index is 14.2. The Balaban J connectivity index is 1.30. The highest BCUT2D eigenvalue weighted by molar-refractivity contribution is 5.97. The molecule has 0 unspecified atom stereocenters. The smallest absolute Gasteiger partial charge is 0.308 e. The molecule has 3 aromatic rings. The van der Waals surface area contributed by atoms with Crippen molar-refractivity contribution >= 4 is 23.7 Å². The van der Waals surface area contributed by atoms with Crippen LogP contribution in [-0.2, 0) is 24.5 Å². The minimum absolute atomic E-state index is 0.0307. The Kier molecular flexibility index (Phi) is 10.3. The average molecular weight is 641 g/mol. The third kappa shape index (κ3) is 7.48. The van der Waals surface area contributed by atoms with E-state index in [0.717, 1.165) is 16.7 Å². The van der Waals surface area contributed by atoms with Gasteiger partial charge in [-0.15, -0.1) is 0 Å². The van der Waals surface area contributed by atoms with Gasteiger partial charge in [-0.3, -0.25) is 19.2 Å². The van der Waals surface area contributed by atoms with E-state index in [9.17, 15) is 19.2 Å². The zero-order valence-corrected chi connectivity index (χ0v) is 27.6. The summed E-state index contributed by atoms with van der Waals surface area (Å²) in [5.41, 5.74) is 1.24. The van der Waals surface area contributed by atoms with Gasteiger partial charge in [0.15, 0.2) is 0 Å². The number of carbonyl (C=O) groups excluding carboxylic acids is 4. The lowest BCUT2D eigenvalue weighted by Crippen LogP contribution is -2.51. The van der Waals surface area contributed by atoms with Crippen LogP contribution in [0.4, 0.5) is 0 Å². The average Bonchev–Trinajstić information content (AvgIpc) is 3.07. The molecule has 2 heterocycles. The highest BCUT2D eigenvalue weighted by atomic mass is 16.6. The number of piperidine rings is 1. The number of likely N-dealkylation sites (tertiary alicyclic amines) is 1. The predicted molar refractivity (Wildman–Crippen MR) is 177 cm³/mol. The van der Waals surface area contributed by atoms with E-state index < -0.39 is 16.9 Å². The molecule has 2 atom stereocenters. The van der Waals surface area contributed by atoms with Gasteiger partial charge in [-0.2, -0.15) is 0 Å². The number of aromatic nitrogens is 1. The van der Waals surface area contributed by atoms with Crippen LogP contribution in [0.1, 0.15) is 85.8 Å². The minimum Gasteiger partial charge on any atom is -0.480 e. The van der Waals surface area contributed by atoms with E-state index >= 15 is 0 Å². The van der Waals surface area contributed by atoms with E-state index in [1.807, 2.05) is 80.3 Å². The first-order valence-corrected chi connectivity index (χ1v) is 16.3. The number of methoxy groups -OCH3 is 1. The van der Waals surface area contributed by atoms with Gasteiger partial charge in [0.1, 0.15) is 11.2 Å². The molecule has 0 bridgehead atoms. The van der Waals surface area contributed by atoms with Crippen molar-refractivity contribution < 1.29 is 28.7 Å². The van der Waals surface area contributed by atoms with Crippen LogP contribution in [0, 0.1) is 0 Å². The number of carbonyl (C=O) groups is 4. The molecule has 3 amide bonds. The molecular formula is C37H44N4O6. The van der Waals surface area contributed by atoms with E-state index in [1.54, 1.807) is 18.3 Å². The minimum atomic E-state index is -1.02. The molecule has 0 radical (unpaired) electrons. The van der Waals surface area contributed by atoms with E-state index in [1.165, 1.54) is 7.11 Å². The Labute approximate surface area is 276 Å². The first-order chi connectivity index (χ1) is 22.5. The molecule has 1 aromatic heterocycles. The third-order valence-corrected chi connectivity index (χ3v) is 8.94. The van der Waals surface area contributed by atoms with Crippen molar-refractivity contribution in [2.45, 2.75) is 75.9 Å². The second-order valence-electron chi connectivity index (χ2n) is 13.2. The van der Waals surface area contributed by atoms with Crippen LogP contribution in [0.2, 0.25) is 0 Å². The lowest BCUT2D eigenvalue weighted by Gasteiger charge is -2.42. The molecule has 1 aliphatic carbocycles. The number of hydrogen-bond donors (Lipinski definition) is 2. The first-order valence-electron chi connectivity index (χ1n) is 16.3. The number of pyridine rings is 1. The van der Waals surface area contributed by atoms with Gasteiger partial charge in [-0.25, -0.2) is 4.98 Å². The number of nitrogens with one attached hydrogen (secondary N) is 2. The molecular weight excluding hydrogens is 596 g/mol. The van der Waals surface area contributed by atoms with Crippen molar-refractivity contribution in [3.05, 3.63) is 95.2 Å². The summed E-state index contributed by atoms with van der Waals surface area (Å²) in [5, 5.41) is 6.08. The summed E-state index contributed by atoms with van der Waals surface area (Å²) in [7, 11) is 1.48. The second kappa shape index (κ2) is 14.4. The molecule has 0 saturated carbocycles. The van der Waals surface area contributed by atoms with Gasteiger partial charge in [0, 0.05) is 31.9 Å². The fourth-order valence-electron chi connectivity index (χ4n) is 6.76. The Morgan fingerprint density at radius 3 is 2.34 bits per heavy atom. The number of hydrogen-bond acceptors (Lipinski definition) is 7. The Morgan fingerprint density at radius 1 is 0.936 bits per heavy atom. The number of esters is 1. The van der Waals surface area contributed by atoms with E-state index in [0.29, 0.717) is 44.3 Å². The maximum absolute atomic E-state index is 14.2. The summed E-state index contributed by atoms with van der Waals surface area (Å²) in [6.07, 6.45) is 3.81. The molecule has 2 aliphatic rings. The molecule has 10 nitrogen and oxygen atoms in total. The third-order valence-electron chi connectivity index (χ3n) is 8.94. The SMILES string of the molecule is COc1ncccc1C(=O)NC1CCN(C(=O)[C@H]2CC[C@@](C(=O)NCCC(=O)OC(C)(C)C)(c3ccccc3)c3ccccc32)CC1. The van der Waals surface area contributed by atoms with Crippen LogP contribution in [0.25, 0.3) is 0 Å². The van der Waals surface area contributed by atoms with E-state index in [-0.39, 0.29) is 48.6 Å². The molecule has 248 valence electrons. The summed E-state index contributed by atoms with van der Waals surface area (Å²) in [4.78, 5) is 59.5. The van der Waals surface area contributed by atoms with Crippen LogP contribution in [0.5, 0.6) is 5.88 Å². The van der Waals surface area contributed by atoms with Crippen molar-refractivity contribution in [2.24, 2.45) is 0 Å². The summed E-state index contributed by atoms with van der Waals surface area (Å²) in [6, 6.07) is 20.7. The molecule has 10 heteroatoms. The van der Waals surface area contributed by atoms with Gasteiger partial charge >= 0.3 is 5.97 Å². The largest absolute Gasteiger partial charge is 0.480 e. The van der Waals surface area contributed by atoms with Crippen LogP contribution >= 0.6 is 0 Å². The monoisotopic (exact) mass is 640 g/mol. The highest BCUT2D eigenvalue weighted by Gasteiger charge is 2.48. The Bertz CT molecular complexity index is 1600. The standard InChI is InChI=1S/C37H44N4O6/c1-36(2,3)47-31(42)17-22-39-35(45)37(25-11-6-5-7-12-25)20-16-28(27-13-8-9-15-30(27)37)34(44)41-23-18-26(19-24-41)40-32(43)29-14-10-21-38-33(29)46-4/h5-15,21,26,28H,16-20,22-24H2,1-4H3,(H,39,45)(H,40,43)/t28-,37+/m0/s1. The van der Waals surface area contributed by atoms with Crippen molar-refractivity contribution in [1.82, 2.24) is 20.5 Å². The van der Waals surface area contributed by atoms with Gasteiger partial charge in [0.25, 0.3) is 5.91 Å². The summed E-state index contributed by atoms with van der Waals surface area (Å²) >= 11 is 0. The number of rotatable bonds is 9. The maximum Gasteiger partial charge on any atom is 0.308 e. The number of nitrogens with zero attached hydrogens (tertiary/aromatic N) is 2. The fourth-order valence-corrected chi connectivity index (χ4v) is 6.76. The van der Waals surface area contributed by atoms with Gasteiger partial charge in [0.05, 0.1) is 24.9 Å². The topological polar surface area (TPSA) is 127 Å². The molecule has 2 aromatic carbocycles. The van der Waals surface area contributed by atoms with Crippen LogP contribution in [-0.4, -0.2) is 72.0 Å². The lowest BCUT2D eigenvalue weighted by atomic mass is 9.62. The molecule has 2 N–H and O–H groups in total. The van der Waals surface area contributed by atoms with Crippen LogP contribution < -0.4 is 15.4 Å². The molecule has 1 saturated heterocycles. The fraction of sp³-hybridized carbons (Fsp3) is 0.432. The van der Waals surface area contributed by atoms with Gasteiger partial charge < -0.3 is 25.0 Å². The number of fused-ring (bicyclic) bond motifs is 1. The normalized spacial score (nSPS) is 19.7. The van der Waals surface area contributed by atoms with Crippen molar-refractivity contribution in [3.63, 3.8) is 0 Å². The molecule has 1 fully saturated rings. The van der Waals surface area contributed by atoms with E-state index in [2.05, 4.69) is 15.6 Å². The molecule has 1 aliphatic heterocycles. The quantitative estimate of drug-likeness (QED) is 0.329. The van der Waals surface area contributed by atoms with Gasteiger partial charge in [-0.1, -0.05) is 54.6 Å². The van der Waals surface area contributed by atoms with Crippen LogP contribution in [0.15, 0.2) is 72.9 Å². The number of ether oxygens (including phenoxy) is 2. The number of benzene rings is 2. The first kappa shape index (κ1) is 33.6. The van der Waals surface area contributed by atoms with Crippen molar-refractivity contribution in [2.75, 3.05) is 26.7 Å². The zero-order valence-electron chi connectivity index (χ0n) is 27.6. The van der Waals surface area contributed by atoms with Crippen LogP contribution in [0.3, 0.4) is 0 Å². The predicted octanol–water partition coefficient (Wildman–Crippen LogP) is 4.52. The second-order valence-corrected chi connectivity index (χ2v) is 13.2. The van der Waals surface area contributed by atoms with Crippen molar-refractivity contribution in [3.8, 4) is 5.88 Å². The molecule has 47 heavy (non-hydrogen) atoms. The molecule has 0 spiro atoms.